The molecular weight excluding hydrogens is 471 g/mol. The number of nitrogens with one attached hydrogen (secondary N) is 2. The van der Waals surface area contributed by atoms with Gasteiger partial charge >= 0.3 is 0 Å². The summed E-state index contributed by atoms with van der Waals surface area (Å²) >= 11 is 1.32. The van der Waals surface area contributed by atoms with Crippen LogP contribution in [0.25, 0.3) is 27.5 Å². The van der Waals surface area contributed by atoms with E-state index in [1.165, 1.54) is 37.3 Å². The van der Waals surface area contributed by atoms with Crippen LogP contribution in [0.1, 0.15) is 25.1 Å². The van der Waals surface area contributed by atoms with Gasteiger partial charge in [-0.25, -0.2) is 14.1 Å². The summed E-state index contributed by atoms with van der Waals surface area (Å²) < 4.78 is 16.9. The molecule has 1 aliphatic rings. The van der Waals surface area contributed by atoms with Gasteiger partial charge in [-0.3, -0.25) is 14.6 Å². The lowest BCUT2D eigenvalue weighted by Crippen LogP contribution is -2.24. The van der Waals surface area contributed by atoms with Crippen LogP contribution in [-0.2, 0) is 22.4 Å². The smallest absolute Gasteiger partial charge is 0.252 e. The van der Waals surface area contributed by atoms with Crippen molar-refractivity contribution in [1.29, 1.82) is 0 Å². The van der Waals surface area contributed by atoms with Gasteiger partial charge in [-0.15, -0.1) is 0 Å². The second-order valence-corrected chi connectivity index (χ2v) is 9.14. The lowest BCUT2D eigenvalue weighted by atomic mass is 9.95. The van der Waals surface area contributed by atoms with E-state index in [1.807, 2.05) is 12.1 Å². The van der Waals surface area contributed by atoms with E-state index in [4.69, 9.17) is 5.10 Å². The highest BCUT2D eigenvalue weighted by molar-refractivity contribution is 7.19. The number of nitrogens with zero attached hydrogens (tertiary/aromatic N) is 4. The van der Waals surface area contributed by atoms with Crippen LogP contribution in [0.3, 0.4) is 0 Å². The SMILES string of the molecule is CC(=O)Nc1nc2c(s1)-c1c(c(-c3cccnc3)nn1-c1ccc(NC(=O)C(C)O)cc1F)CC2. The molecule has 0 radical (unpaired) electrons. The van der Waals surface area contributed by atoms with Crippen molar-refractivity contribution in [2.24, 2.45) is 0 Å². The minimum Gasteiger partial charge on any atom is -0.384 e. The molecule has 0 fully saturated rings. The molecule has 35 heavy (non-hydrogen) atoms. The summed E-state index contributed by atoms with van der Waals surface area (Å²) in [6.07, 6.45) is 3.46. The molecule has 2 amide bonds. The normalized spacial score (nSPS) is 13.0. The van der Waals surface area contributed by atoms with Crippen LogP contribution in [0.4, 0.5) is 15.2 Å². The summed E-state index contributed by atoms with van der Waals surface area (Å²) in [5, 5.41) is 19.9. The Morgan fingerprint density at radius 1 is 1.23 bits per heavy atom. The van der Waals surface area contributed by atoms with Gasteiger partial charge in [0.1, 0.15) is 11.8 Å². The zero-order chi connectivity index (χ0) is 24.7. The van der Waals surface area contributed by atoms with Crippen molar-refractivity contribution in [3.8, 4) is 27.5 Å². The Balaban J connectivity index is 1.66. The fourth-order valence-corrected chi connectivity index (χ4v) is 5.10. The van der Waals surface area contributed by atoms with Crippen molar-refractivity contribution in [1.82, 2.24) is 19.7 Å². The zero-order valence-electron chi connectivity index (χ0n) is 18.9. The Morgan fingerprint density at radius 3 is 2.74 bits per heavy atom. The topological polar surface area (TPSA) is 122 Å². The van der Waals surface area contributed by atoms with E-state index in [-0.39, 0.29) is 17.3 Å². The highest BCUT2D eigenvalue weighted by Gasteiger charge is 2.30. The maximum atomic E-state index is 15.4. The summed E-state index contributed by atoms with van der Waals surface area (Å²) in [6, 6.07) is 7.98. The number of carbonyl (C=O) groups excluding carboxylic acids is 2. The van der Waals surface area contributed by atoms with Gasteiger partial charge in [0.15, 0.2) is 10.9 Å². The van der Waals surface area contributed by atoms with Gasteiger partial charge < -0.3 is 15.7 Å². The van der Waals surface area contributed by atoms with E-state index in [1.54, 1.807) is 23.1 Å². The van der Waals surface area contributed by atoms with Crippen LogP contribution in [0.15, 0.2) is 42.7 Å². The molecule has 5 rings (SSSR count). The number of aryl methyl sites for hydroxylation is 1. The molecule has 1 unspecified atom stereocenters. The Morgan fingerprint density at radius 2 is 2.06 bits per heavy atom. The van der Waals surface area contributed by atoms with Crippen molar-refractivity contribution in [2.75, 3.05) is 10.6 Å². The van der Waals surface area contributed by atoms with E-state index in [0.29, 0.717) is 29.4 Å². The second kappa shape index (κ2) is 9.01. The van der Waals surface area contributed by atoms with Crippen molar-refractivity contribution < 1.29 is 19.1 Å². The number of thiazole rings is 1. The minimum absolute atomic E-state index is 0.189. The van der Waals surface area contributed by atoms with Gasteiger partial charge in [0, 0.05) is 36.1 Å². The summed E-state index contributed by atoms with van der Waals surface area (Å²) in [6.45, 7) is 2.75. The minimum atomic E-state index is -1.22. The Bertz CT molecular complexity index is 1450. The number of hydrogen-bond donors (Lipinski definition) is 3. The van der Waals surface area contributed by atoms with Crippen molar-refractivity contribution in [3.05, 3.63) is 59.8 Å². The van der Waals surface area contributed by atoms with E-state index < -0.39 is 17.8 Å². The molecule has 4 aromatic rings. The number of aliphatic hydroxyl groups excluding tert-OH is 1. The average Bonchev–Trinajstić information content (AvgIpc) is 3.40. The number of anilines is 2. The fraction of sp³-hybridized carbons (Fsp3) is 0.208. The molecular formula is C24H21FN6O3S. The molecule has 178 valence electrons. The zero-order valence-corrected chi connectivity index (χ0v) is 19.7. The third-order valence-corrected chi connectivity index (χ3v) is 6.57. The molecule has 3 aromatic heterocycles. The van der Waals surface area contributed by atoms with E-state index in [2.05, 4.69) is 20.6 Å². The summed E-state index contributed by atoms with van der Waals surface area (Å²) in [7, 11) is 0. The highest BCUT2D eigenvalue weighted by atomic mass is 32.1. The molecule has 1 aliphatic carbocycles. The quantitative estimate of drug-likeness (QED) is 0.392. The third-order valence-electron chi connectivity index (χ3n) is 5.55. The third kappa shape index (κ3) is 4.31. The van der Waals surface area contributed by atoms with E-state index >= 15 is 4.39 Å². The van der Waals surface area contributed by atoms with Crippen LogP contribution >= 0.6 is 11.3 Å². The van der Waals surface area contributed by atoms with Gasteiger partial charge in [-0.05, 0) is 50.1 Å². The molecule has 9 nitrogen and oxygen atoms in total. The van der Waals surface area contributed by atoms with Gasteiger partial charge in [0.05, 0.1) is 22.0 Å². The maximum Gasteiger partial charge on any atom is 0.252 e. The summed E-state index contributed by atoms with van der Waals surface area (Å²) in [5.41, 5.74) is 4.36. The molecule has 3 N–H and O–H groups in total. The number of aromatic nitrogens is 4. The standard InChI is InChI=1S/C24H21FN6O3S/c1-12(32)23(34)28-15-5-8-19(17(25)10-15)31-21-16(20(30-31)14-4-3-9-26-11-14)6-7-18-22(21)35-24(29-18)27-13(2)33/h3-5,8-12,32H,6-7H2,1-2H3,(H,28,34)(H,27,29,33). The first-order valence-electron chi connectivity index (χ1n) is 10.9. The summed E-state index contributed by atoms with van der Waals surface area (Å²) in [5.74, 6) is -1.45. The first kappa shape index (κ1) is 22.8. The van der Waals surface area contributed by atoms with Crippen LogP contribution in [0, 0.1) is 5.82 Å². The predicted octanol–water partition coefficient (Wildman–Crippen LogP) is 3.57. The number of pyridine rings is 1. The number of hydrogen-bond acceptors (Lipinski definition) is 7. The highest BCUT2D eigenvalue weighted by Crippen LogP contribution is 2.44. The van der Waals surface area contributed by atoms with Gasteiger partial charge in [0.25, 0.3) is 5.91 Å². The summed E-state index contributed by atoms with van der Waals surface area (Å²) in [4.78, 5) is 33.0. The molecule has 1 aromatic carbocycles. The van der Waals surface area contributed by atoms with E-state index in [0.717, 1.165) is 21.7 Å². The number of carbonyl (C=O) groups is 2. The van der Waals surface area contributed by atoms with Crippen LogP contribution in [-0.4, -0.2) is 42.8 Å². The number of aliphatic hydroxyl groups is 1. The number of amides is 2. The Kier molecular flexibility index (Phi) is 5.87. The number of benzene rings is 1. The van der Waals surface area contributed by atoms with Crippen molar-refractivity contribution in [3.63, 3.8) is 0 Å². The lowest BCUT2D eigenvalue weighted by molar-refractivity contribution is -0.123. The molecule has 0 aliphatic heterocycles. The lowest BCUT2D eigenvalue weighted by Gasteiger charge is -2.15. The Hall–Kier alpha value is -3.96. The first-order chi connectivity index (χ1) is 16.8. The molecule has 3 heterocycles. The van der Waals surface area contributed by atoms with Crippen molar-refractivity contribution in [2.45, 2.75) is 32.8 Å². The largest absolute Gasteiger partial charge is 0.384 e. The Labute approximate surface area is 203 Å². The molecule has 1 atom stereocenters. The van der Waals surface area contributed by atoms with E-state index in [9.17, 15) is 14.7 Å². The second-order valence-electron chi connectivity index (χ2n) is 8.14. The molecule has 11 heteroatoms. The molecule has 0 saturated carbocycles. The van der Waals surface area contributed by atoms with Crippen LogP contribution in [0.2, 0.25) is 0 Å². The maximum absolute atomic E-state index is 15.4. The molecule has 0 saturated heterocycles. The predicted molar refractivity (Wildman–Crippen MR) is 130 cm³/mol. The average molecular weight is 493 g/mol. The fourth-order valence-electron chi connectivity index (χ4n) is 3.99. The van der Waals surface area contributed by atoms with Gasteiger partial charge in [-0.2, -0.15) is 5.10 Å². The number of fused-ring (bicyclic) bond motifs is 3. The van der Waals surface area contributed by atoms with Crippen LogP contribution in [0.5, 0.6) is 0 Å². The molecule has 0 bridgehead atoms. The number of halogens is 1. The number of rotatable bonds is 5. The monoisotopic (exact) mass is 492 g/mol. The van der Waals surface area contributed by atoms with Gasteiger partial charge in [-0.1, -0.05) is 11.3 Å². The van der Waals surface area contributed by atoms with Crippen LogP contribution < -0.4 is 10.6 Å². The first-order valence-corrected chi connectivity index (χ1v) is 11.7. The molecule has 0 spiro atoms. The van der Waals surface area contributed by atoms with Gasteiger partial charge in [0.2, 0.25) is 5.91 Å². The van der Waals surface area contributed by atoms with Crippen molar-refractivity contribution >= 4 is 34.0 Å².